The quantitative estimate of drug-likeness (QED) is 0.414. The Morgan fingerprint density at radius 2 is 1.79 bits per heavy atom. The van der Waals surface area contributed by atoms with Gasteiger partial charge in [0.25, 0.3) is 5.91 Å². The molecule has 0 bridgehead atoms. The third-order valence-corrected chi connectivity index (χ3v) is 6.14. The fourth-order valence-electron chi connectivity index (χ4n) is 4.24. The minimum Gasteiger partial charge on any atom is -0.397 e. The van der Waals surface area contributed by atoms with Gasteiger partial charge in [0.2, 0.25) is 0 Å². The van der Waals surface area contributed by atoms with E-state index in [0.717, 1.165) is 35.1 Å². The molecule has 6 nitrogen and oxygen atoms in total. The molecular weight excluding hydrogens is 438 g/mol. The normalized spacial score (nSPS) is 14.5. The van der Waals surface area contributed by atoms with Gasteiger partial charge < -0.3 is 25.4 Å². The number of carbonyl (C=O) groups excluding carboxylic acids is 1. The first-order valence-corrected chi connectivity index (χ1v) is 12.1. The molecule has 1 fully saturated rings. The second-order valence-electron chi connectivity index (χ2n) is 8.20. The molecule has 4 rings (SSSR count). The largest absolute Gasteiger partial charge is 0.397 e. The number of aryl methyl sites for hydroxylation is 1. The predicted molar refractivity (Wildman–Crippen MR) is 135 cm³/mol. The maximum Gasteiger partial charge on any atom is 0.268 e. The van der Waals surface area contributed by atoms with Crippen molar-refractivity contribution in [1.82, 2.24) is 10.3 Å². The van der Waals surface area contributed by atoms with Crippen LogP contribution in [0.15, 0.2) is 42.5 Å². The number of carbonyl (C=O) groups is 1. The number of fused-ring (bicyclic) bond motifs is 1. The molecule has 7 heteroatoms. The number of piperidine rings is 1. The number of hydrogen-bond acceptors (Lipinski definition) is 4. The van der Waals surface area contributed by atoms with Crippen molar-refractivity contribution in [2.45, 2.75) is 45.6 Å². The van der Waals surface area contributed by atoms with Crippen LogP contribution in [0.5, 0.6) is 0 Å². The molecule has 178 valence electrons. The van der Waals surface area contributed by atoms with Gasteiger partial charge in [-0.25, -0.2) is 0 Å². The van der Waals surface area contributed by atoms with E-state index >= 15 is 0 Å². The van der Waals surface area contributed by atoms with Gasteiger partial charge in [0, 0.05) is 47.9 Å². The van der Waals surface area contributed by atoms with Gasteiger partial charge in [-0.3, -0.25) is 4.79 Å². The molecule has 0 saturated carbocycles. The standard InChI is InChI=1S/C24H28ClN3O2.C2H6O/c1-2-19-20-14-17(25)8-11-21(20)27-23(19)24(30)26-15-22(29)16-6-9-18(10-7-16)28-12-4-3-5-13-28;1-2-3/h6-11,14,22,27,29H,2-5,12-13,15H2,1H3,(H,26,30);3H,2H2,1H3. The van der Waals surface area contributed by atoms with Crippen molar-refractivity contribution in [3.63, 3.8) is 0 Å². The summed E-state index contributed by atoms with van der Waals surface area (Å²) in [5, 5.41) is 22.6. The van der Waals surface area contributed by atoms with Gasteiger partial charge >= 0.3 is 0 Å². The van der Waals surface area contributed by atoms with E-state index < -0.39 is 6.10 Å². The number of rotatable bonds is 6. The lowest BCUT2D eigenvalue weighted by Crippen LogP contribution is -2.30. The smallest absolute Gasteiger partial charge is 0.268 e. The maximum absolute atomic E-state index is 12.8. The van der Waals surface area contributed by atoms with Crippen LogP contribution in [0.4, 0.5) is 5.69 Å². The van der Waals surface area contributed by atoms with Crippen molar-refractivity contribution in [2.24, 2.45) is 0 Å². The summed E-state index contributed by atoms with van der Waals surface area (Å²) in [7, 11) is 0. The highest BCUT2D eigenvalue weighted by Crippen LogP contribution is 2.26. The number of aliphatic hydroxyl groups excluding tert-OH is 2. The van der Waals surface area contributed by atoms with E-state index in [4.69, 9.17) is 16.7 Å². The summed E-state index contributed by atoms with van der Waals surface area (Å²) >= 11 is 6.12. The first kappa shape index (κ1) is 25.1. The van der Waals surface area contributed by atoms with E-state index in [0.29, 0.717) is 17.1 Å². The molecule has 1 amide bonds. The van der Waals surface area contributed by atoms with Crippen LogP contribution in [0.3, 0.4) is 0 Å². The molecule has 1 unspecified atom stereocenters. The summed E-state index contributed by atoms with van der Waals surface area (Å²) in [6.07, 6.45) is 3.72. The molecule has 4 N–H and O–H groups in total. The first-order chi connectivity index (χ1) is 16.0. The van der Waals surface area contributed by atoms with E-state index in [-0.39, 0.29) is 19.1 Å². The Morgan fingerprint density at radius 3 is 2.42 bits per heavy atom. The zero-order chi connectivity index (χ0) is 23.8. The Hall–Kier alpha value is -2.54. The van der Waals surface area contributed by atoms with Gasteiger partial charge in [0.05, 0.1) is 6.10 Å². The number of amides is 1. The average Bonchev–Trinajstić information content (AvgIpc) is 3.21. The molecule has 1 atom stereocenters. The lowest BCUT2D eigenvalue weighted by molar-refractivity contribution is 0.0911. The molecule has 1 saturated heterocycles. The number of aliphatic hydroxyl groups is 2. The van der Waals surface area contributed by atoms with Crippen LogP contribution in [0.1, 0.15) is 60.8 Å². The topological polar surface area (TPSA) is 88.6 Å². The van der Waals surface area contributed by atoms with Gasteiger partial charge in [-0.2, -0.15) is 0 Å². The number of aromatic nitrogens is 1. The highest BCUT2D eigenvalue weighted by Gasteiger charge is 2.18. The Bertz CT molecular complexity index is 1040. The van der Waals surface area contributed by atoms with Gasteiger partial charge in [-0.15, -0.1) is 0 Å². The van der Waals surface area contributed by atoms with Gasteiger partial charge in [0.1, 0.15) is 5.69 Å². The summed E-state index contributed by atoms with van der Waals surface area (Å²) in [4.78, 5) is 18.4. The molecule has 1 aliphatic rings. The highest BCUT2D eigenvalue weighted by molar-refractivity contribution is 6.31. The van der Waals surface area contributed by atoms with Gasteiger partial charge in [-0.05, 0) is 74.1 Å². The maximum atomic E-state index is 12.8. The molecule has 33 heavy (non-hydrogen) atoms. The Balaban J connectivity index is 0.000000968. The number of nitrogens with zero attached hydrogens (tertiary/aromatic N) is 1. The van der Waals surface area contributed by atoms with Crippen molar-refractivity contribution >= 4 is 34.1 Å². The first-order valence-electron chi connectivity index (χ1n) is 11.7. The second-order valence-corrected chi connectivity index (χ2v) is 8.64. The van der Waals surface area contributed by atoms with Crippen LogP contribution in [-0.2, 0) is 6.42 Å². The van der Waals surface area contributed by atoms with Crippen LogP contribution < -0.4 is 10.2 Å². The average molecular weight is 472 g/mol. The highest BCUT2D eigenvalue weighted by atomic mass is 35.5. The van der Waals surface area contributed by atoms with Crippen LogP contribution in [0.2, 0.25) is 5.02 Å². The van der Waals surface area contributed by atoms with Crippen LogP contribution >= 0.6 is 11.6 Å². The number of aromatic amines is 1. The van der Waals surface area contributed by atoms with E-state index in [1.165, 1.54) is 24.9 Å². The SMILES string of the molecule is CCO.CCc1c(C(=O)NCC(O)c2ccc(N3CCCCC3)cc2)[nH]c2ccc(Cl)cc12. The molecule has 0 radical (unpaired) electrons. The monoisotopic (exact) mass is 471 g/mol. The zero-order valence-electron chi connectivity index (χ0n) is 19.4. The molecule has 3 aromatic rings. The number of nitrogens with one attached hydrogen (secondary N) is 2. The molecular formula is C26H34ClN3O3. The van der Waals surface area contributed by atoms with Crippen molar-refractivity contribution in [3.05, 3.63) is 64.3 Å². The fourth-order valence-corrected chi connectivity index (χ4v) is 4.41. The van der Waals surface area contributed by atoms with E-state index in [2.05, 4.69) is 27.3 Å². The molecule has 1 aliphatic heterocycles. The molecule has 0 spiro atoms. The van der Waals surface area contributed by atoms with Gasteiger partial charge in [-0.1, -0.05) is 30.7 Å². The van der Waals surface area contributed by atoms with Gasteiger partial charge in [0.15, 0.2) is 0 Å². The third-order valence-electron chi connectivity index (χ3n) is 5.90. The van der Waals surface area contributed by atoms with Crippen LogP contribution in [0, 0.1) is 0 Å². The van der Waals surface area contributed by atoms with Crippen molar-refractivity contribution in [2.75, 3.05) is 31.1 Å². The summed E-state index contributed by atoms with van der Waals surface area (Å²) in [6, 6.07) is 13.6. The fraction of sp³-hybridized carbons (Fsp3) is 0.423. The summed E-state index contributed by atoms with van der Waals surface area (Å²) in [5.41, 5.74) is 4.34. The van der Waals surface area contributed by atoms with Crippen molar-refractivity contribution < 1.29 is 15.0 Å². The Labute approximate surface area is 200 Å². The summed E-state index contributed by atoms with van der Waals surface area (Å²) in [6.45, 7) is 6.28. The third kappa shape index (κ3) is 6.28. The summed E-state index contributed by atoms with van der Waals surface area (Å²) in [5.74, 6) is -0.219. The van der Waals surface area contributed by atoms with Crippen LogP contribution in [0.25, 0.3) is 10.9 Å². The van der Waals surface area contributed by atoms with Crippen molar-refractivity contribution in [1.29, 1.82) is 0 Å². The second kappa shape index (κ2) is 12.1. The number of H-pyrrole nitrogens is 1. The Morgan fingerprint density at radius 1 is 1.12 bits per heavy atom. The van der Waals surface area contributed by atoms with E-state index in [1.54, 1.807) is 13.0 Å². The molecule has 0 aliphatic carbocycles. The number of hydrogen-bond donors (Lipinski definition) is 4. The lowest BCUT2D eigenvalue weighted by atomic mass is 10.1. The summed E-state index contributed by atoms with van der Waals surface area (Å²) < 4.78 is 0. The zero-order valence-corrected chi connectivity index (χ0v) is 20.2. The Kier molecular flexibility index (Phi) is 9.18. The van der Waals surface area contributed by atoms with E-state index in [9.17, 15) is 9.90 Å². The number of anilines is 1. The van der Waals surface area contributed by atoms with Crippen LogP contribution in [-0.4, -0.2) is 47.3 Å². The molecule has 2 aromatic carbocycles. The molecule has 2 heterocycles. The minimum atomic E-state index is -0.756. The van der Waals surface area contributed by atoms with Crippen molar-refractivity contribution in [3.8, 4) is 0 Å². The predicted octanol–water partition coefficient (Wildman–Crippen LogP) is 4.84. The minimum absolute atomic E-state index is 0.154. The number of benzene rings is 2. The van der Waals surface area contributed by atoms with E-state index in [1.807, 2.05) is 31.2 Å². The molecule has 1 aromatic heterocycles. The number of halogens is 1. The lowest BCUT2D eigenvalue weighted by Gasteiger charge is -2.29.